The summed E-state index contributed by atoms with van der Waals surface area (Å²) >= 11 is 0. The molecule has 1 aromatic heterocycles. The lowest BCUT2D eigenvalue weighted by molar-refractivity contribution is 0.0917. The normalized spacial score (nSPS) is 14.0. The van der Waals surface area contributed by atoms with Gasteiger partial charge < -0.3 is 10.4 Å². The highest BCUT2D eigenvalue weighted by Gasteiger charge is 2.18. The number of nitrogens with one attached hydrogen (secondary N) is 1. The zero-order valence-corrected chi connectivity index (χ0v) is 11.4. The Labute approximate surface area is 116 Å². The van der Waals surface area contributed by atoms with E-state index in [4.69, 9.17) is 5.11 Å². The molecule has 0 radical (unpaired) electrons. The third-order valence-corrected chi connectivity index (χ3v) is 3.41. The van der Waals surface area contributed by atoms with Crippen molar-refractivity contribution in [2.75, 3.05) is 6.61 Å². The summed E-state index contributed by atoms with van der Waals surface area (Å²) in [5.41, 5.74) is 0.674. The highest BCUT2D eigenvalue weighted by atomic mass is 19.1. The van der Waals surface area contributed by atoms with E-state index in [-0.39, 0.29) is 30.0 Å². The van der Waals surface area contributed by atoms with Gasteiger partial charge in [0.05, 0.1) is 11.1 Å². The van der Waals surface area contributed by atoms with Crippen LogP contribution in [0.1, 0.15) is 24.2 Å². The Hall–Kier alpha value is -2.01. The van der Waals surface area contributed by atoms with Crippen molar-refractivity contribution in [1.82, 2.24) is 10.3 Å². The summed E-state index contributed by atoms with van der Waals surface area (Å²) in [7, 11) is 0. The van der Waals surface area contributed by atoms with Gasteiger partial charge in [0.2, 0.25) is 0 Å². The molecule has 2 unspecified atom stereocenters. The van der Waals surface area contributed by atoms with E-state index in [1.54, 1.807) is 25.3 Å². The standard InChI is InChI=1S/C15H17FN2O2/c1-9(8-19)10(2)18-15(20)13-7-12(16)6-11-4-3-5-17-14(11)13/h3-7,9-10,19H,8H2,1-2H3,(H,18,20). The second-order valence-corrected chi connectivity index (χ2v) is 4.95. The highest BCUT2D eigenvalue weighted by molar-refractivity contribution is 6.05. The molecule has 0 aliphatic heterocycles. The Morgan fingerprint density at radius 2 is 2.20 bits per heavy atom. The molecule has 2 atom stereocenters. The van der Waals surface area contributed by atoms with E-state index in [0.717, 1.165) is 0 Å². The van der Waals surface area contributed by atoms with Crippen LogP contribution in [0.3, 0.4) is 0 Å². The molecule has 2 rings (SSSR count). The predicted octanol–water partition coefficient (Wildman–Crippen LogP) is 2.12. The Morgan fingerprint density at radius 1 is 1.45 bits per heavy atom. The Balaban J connectivity index is 2.35. The van der Waals surface area contributed by atoms with Crippen molar-refractivity contribution in [2.45, 2.75) is 19.9 Å². The first-order chi connectivity index (χ1) is 9.52. The lowest BCUT2D eigenvalue weighted by atomic mass is 10.0. The van der Waals surface area contributed by atoms with Gasteiger partial charge in [0.25, 0.3) is 5.91 Å². The van der Waals surface area contributed by atoms with E-state index < -0.39 is 5.82 Å². The average molecular weight is 276 g/mol. The minimum atomic E-state index is -0.474. The van der Waals surface area contributed by atoms with Crippen LogP contribution in [0, 0.1) is 11.7 Å². The number of halogens is 1. The number of rotatable bonds is 4. The van der Waals surface area contributed by atoms with Gasteiger partial charge in [-0.3, -0.25) is 9.78 Å². The first kappa shape index (κ1) is 14.4. The number of nitrogens with zero attached hydrogens (tertiary/aromatic N) is 1. The topological polar surface area (TPSA) is 62.2 Å². The van der Waals surface area contributed by atoms with Gasteiger partial charge in [-0.15, -0.1) is 0 Å². The van der Waals surface area contributed by atoms with Crippen molar-refractivity contribution in [3.8, 4) is 0 Å². The van der Waals surface area contributed by atoms with Crippen LogP contribution in [0.25, 0.3) is 10.9 Å². The molecule has 2 aromatic rings. The number of amides is 1. The summed E-state index contributed by atoms with van der Waals surface area (Å²) in [5, 5.41) is 12.4. The summed E-state index contributed by atoms with van der Waals surface area (Å²) in [6, 6.07) is 5.72. The molecule has 20 heavy (non-hydrogen) atoms. The van der Waals surface area contributed by atoms with Crippen molar-refractivity contribution in [2.24, 2.45) is 5.92 Å². The number of carbonyl (C=O) groups is 1. The molecule has 2 N–H and O–H groups in total. The van der Waals surface area contributed by atoms with Crippen molar-refractivity contribution in [1.29, 1.82) is 0 Å². The quantitative estimate of drug-likeness (QED) is 0.899. The minimum Gasteiger partial charge on any atom is -0.396 e. The minimum absolute atomic E-state index is 0.0242. The molecule has 0 bridgehead atoms. The van der Waals surface area contributed by atoms with Gasteiger partial charge >= 0.3 is 0 Å². The van der Waals surface area contributed by atoms with E-state index in [2.05, 4.69) is 10.3 Å². The molecule has 0 fully saturated rings. The van der Waals surface area contributed by atoms with E-state index >= 15 is 0 Å². The monoisotopic (exact) mass is 276 g/mol. The molecule has 106 valence electrons. The predicted molar refractivity (Wildman–Crippen MR) is 74.9 cm³/mol. The number of aromatic nitrogens is 1. The molecular weight excluding hydrogens is 259 g/mol. The molecule has 4 nitrogen and oxygen atoms in total. The third kappa shape index (κ3) is 2.93. The maximum Gasteiger partial charge on any atom is 0.253 e. The Kier molecular flexibility index (Phi) is 4.29. The highest BCUT2D eigenvalue weighted by Crippen LogP contribution is 2.18. The fourth-order valence-corrected chi connectivity index (χ4v) is 1.91. The Bertz CT molecular complexity index is 630. The zero-order valence-electron chi connectivity index (χ0n) is 11.4. The molecule has 1 amide bonds. The molecular formula is C15H17FN2O2. The van der Waals surface area contributed by atoms with Crippen molar-refractivity contribution < 1.29 is 14.3 Å². The fourth-order valence-electron chi connectivity index (χ4n) is 1.91. The summed E-state index contributed by atoms with van der Waals surface area (Å²) in [5.74, 6) is -0.939. The largest absolute Gasteiger partial charge is 0.396 e. The summed E-state index contributed by atoms with van der Waals surface area (Å²) in [6.45, 7) is 3.60. The van der Waals surface area contributed by atoms with Crippen molar-refractivity contribution in [3.05, 3.63) is 41.8 Å². The molecule has 0 aliphatic rings. The number of hydrogen-bond donors (Lipinski definition) is 2. The van der Waals surface area contributed by atoms with Crippen LogP contribution in [0.15, 0.2) is 30.5 Å². The molecule has 0 spiro atoms. The van der Waals surface area contributed by atoms with Crippen LogP contribution in [0.4, 0.5) is 4.39 Å². The smallest absolute Gasteiger partial charge is 0.253 e. The van der Waals surface area contributed by atoms with Gasteiger partial charge in [0.1, 0.15) is 5.82 Å². The first-order valence-corrected chi connectivity index (χ1v) is 6.49. The maximum absolute atomic E-state index is 13.6. The van der Waals surface area contributed by atoms with E-state index in [9.17, 15) is 9.18 Å². The van der Waals surface area contributed by atoms with Crippen LogP contribution in [-0.2, 0) is 0 Å². The number of aliphatic hydroxyl groups excluding tert-OH is 1. The maximum atomic E-state index is 13.6. The number of pyridine rings is 1. The van der Waals surface area contributed by atoms with Gasteiger partial charge in [-0.1, -0.05) is 13.0 Å². The second-order valence-electron chi connectivity index (χ2n) is 4.95. The van der Waals surface area contributed by atoms with Gasteiger partial charge in [-0.05, 0) is 31.0 Å². The van der Waals surface area contributed by atoms with Crippen LogP contribution in [-0.4, -0.2) is 28.6 Å². The van der Waals surface area contributed by atoms with E-state index in [1.165, 1.54) is 12.1 Å². The number of hydrogen-bond acceptors (Lipinski definition) is 3. The van der Waals surface area contributed by atoms with Gasteiger partial charge in [0, 0.05) is 24.2 Å². The molecule has 0 saturated heterocycles. The molecule has 1 heterocycles. The number of aliphatic hydroxyl groups is 1. The van der Waals surface area contributed by atoms with Crippen molar-refractivity contribution in [3.63, 3.8) is 0 Å². The zero-order chi connectivity index (χ0) is 14.7. The number of benzene rings is 1. The molecule has 0 aliphatic carbocycles. The van der Waals surface area contributed by atoms with Gasteiger partial charge in [-0.2, -0.15) is 0 Å². The fraction of sp³-hybridized carbons (Fsp3) is 0.333. The van der Waals surface area contributed by atoms with Gasteiger partial charge in [0.15, 0.2) is 0 Å². The lowest BCUT2D eigenvalue weighted by Crippen LogP contribution is -2.38. The van der Waals surface area contributed by atoms with Crippen LogP contribution >= 0.6 is 0 Å². The van der Waals surface area contributed by atoms with Gasteiger partial charge in [-0.25, -0.2) is 4.39 Å². The number of carbonyl (C=O) groups excluding carboxylic acids is 1. The SMILES string of the molecule is CC(CO)C(C)NC(=O)c1cc(F)cc2cccnc12. The lowest BCUT2D eigenvalue weighted by Gasteiger charge is -2.19. The third-order valence-electron chi connectivity index (χ3n) is 3.41. The Morgan fingerprint density at radius 3 is 2.90 bits per heavy atom. The average Bonchev–Trinajstić information content (AvgIpc) is 2.45. The summed E-state index contributed by atoms with van der Waals surface area (Å²) in [4.78, 5) is 16.4. The van der Waals surface area contributed by atoms with Crippen molar-refractivity contribution >= 4 is 16.8 Å². The molecule has 1 aromatic carbocycles. The van der Waals surface area contributed by atoms with E-state index in [1.807, 2.05) is 6.92 Å². The second kappa shape index (κ2) is 5.96. The van der Waals surface area contributed by atoms with Crippen LogP contribution in [0.2, 0.25) is 0 Å². The summed E-state index contributed by atoms with van der Waals surface area (Å²) in [6.07, 6.45) is 1.57. The van der Waals surface area contributed by atoms with Crippen LogP contribution < -0.4 is 5.32 Å². The first-order valence-electron chi connectivity index (χ1n) is 6.49. The summed E-state index contributed by atoms with van der Waals surface area (Å²) < 4.78 is 13.6. The molecule has 5 heteroatoms. The molecule has 0 saturated carbocycles. The van der Waals surface area contributed by atoms with Crippen LogP contribution in [0.5, 0.6) is 0 Å². The van der Waals surface area contributed by atoms with E-state index in [0.29, 0.717) is 10.9 Å². The number of fused-ring (bicyclic) bond motifs is 1.